The van der Waals surface area contributed by atoms with Gasteiger partial charge in [0, 0.05) is 12.0 Å². The van der Waals surface area contributed by atoms with Crippen molar-refractivity contribution in [2.75, 3.05) is 11.9 Å². The van der Waals surface area contributed by atoms with Crippen molar-refractivity contribution in [1.29, 1.82) is 0 Å². The minimum absolute atomic E-state index is 0.0185. The Morgan fingerprint density at radius 1 is 1.43 bits per heavy atom. The highest BCUT2D eigenvalue weighted by Crippen LogP contribution is 2.20. The lowest BCUT2D eigenvalue weighted by Crippen LogP contribution is -2.12. The number of hydrogen-bond acceptors (Lipinski definition) is 3. The maximum atomic E-state index is 13.9. The van der Waals surface area contributed by atoms with Crippen molar-refractivity contribution < 1.29 is 18.7 Å². The maximum absolute atomic E-state index is 13.9. The summed E-state index contributed by atoms with van der Waals surface area (Å²) in [5.74, 6) is 4.21. The summed E-state index contributed by atoms with van der Waals surface area (Å²) < 4.78 is 18.7. The highest BCUT2D eigenvalue weighted by Gasteiger charge is 2.14. The molecule has 0 aliphatic rings. The minimum atomic E-state index is -0.612. The van der Waals surface area contributed by atoms with Crippen molar-refractivity contribution in [2.24, 2.45) is 0 Å². The fraction of sp³-hybridized carbons (Fsp3) is 0.133. The van der Waals surface area contributed by atoms with Crippen LogP contribution in [-0.2, 0) is 0 Å². The molecule has 108 valence electrons. The molecule has 0 radical (unpaired) electrons. The molecule has 2 aromatic rings. The average Bonchev–Trinajstić information content (AvgIpc) is 2.88. The zero-order valence-corrected chi connectivity index (χ0v) is 11.6. The number of aliphatic hydroxyl groups is 1. The Hall–Kier alpha value is -2.29. The minimum Gasteiger partial charge on any atom is -0.452 e. The third-order valence-corrected chi connectivity index (χ3v) is 2.84. The lowest BCUT2D eigenvalue weighted by molar-refractivity contribution is 0.102. The van der Waals surface area contributed by atoms with Crippen LogP contribution in [0.4, 0.5) is 10.1 Å². The Morgan fingerprint density at radius 3 is 2.86 bits per heavy atom. The number of anilines is 1. The summed E-state index contributed by atoms with van der Waals surface area (Å²) in [6, 6.07) is 5.57. The average molecular weight is 308 g/mol. The molecular weight excluding hydrogens is 297 g/mol. The van der Waals surface area contributed by atoms with Crippen molar-refractivity contribution in [3.8, 4) is 11.8 Å². The number of aliphatic hydroxyl groups excluding tert-OH is 1. The van der Waals surface area contributed by atoms with Gasteiger partial charge in [0.05, 0.1) is 24.1 Å². The summed E-state index contributed by atoms with van der Waals surface area (Å²) in [6.07, 6.45) is 1.59. The van der Waals surface area contributed by atoms with E-state index in [9.17, 15) is 9.18 Å². The predicted molar refractivity (Wildman–Crippen MR) is 76.7 cm³/mol. The molecule has 0 atom stereocenters. The number of rotatable bonds is 3. The smallest absolute Gasteiger partial charge is 0.260 e. The fourth-order valence-corrected chi connectivity index (χ4v) is 1.76. The van der Waals surface area contributed by atoms with E-state index in [1.807, 2.05) is 0 Å². The predicted octanol–water partition coefficient (Wildman–Crippen LogP) is 3.06. The Labute approximate surface area is 125 Å². The lowest BCUT2D eigenvalue weighted by Gasteiger charge is -2.05. The molecule has 0 bridgehead atoms. The van der Waals surface area contributed by atoms with Gasteiger partial charge in [0.1, 0.15) is 5.82 Å². The normalized spacial score (nSPS) is 9.86. The highest BCUT2D eigenvalue weighted by molar-refractivity contribution is 6.32. The second-order valence-electron chi connectivity index (χ2n) is 4.03. The van der Waals surface area contributed by atoms with Gasteiger partial charge in [-0.3, -0.25) is 4.79 Å². The first-order valence-corrected chi connectivity index (χ1v) is 6.43. The Balaban J connectivity index is 2.13. The van der Waals surface area contributed by atoms with Crippen LogP contribution in [0.2, 0.25) is 5.22 Å². The molecule has 1 heterocycles. The third-order valence-electron chi connectivity index (χ3n) is 2.55. The van der Waals surface area contributed by atoms with Crippen molar-refractivity contribution >= 4 is 23.2 Å². The van der Waals surface area contributed by atoms with Gasteiger partial charge in [0.15, 0.2) is 0 Å². The van der Waals surface area contributed by atoms with Crippen LogP contribution in [0.15, 0.2) is 34.9 Å². The second-order valence-corrected chi connectivity index (χ2v) is 4.38. The molecule has 1 aromatic carbocycles. The molecular formula is C15H11ClFNO3. The van der Waals surface area contributed by atoms with E-state index in [2.05, 4.69) is 17.2 Å². The molecule has 0 aliphatic carbocycles. The topological polar surface area (TPSA) is 62.5 Å². The Morgan fingerprint density at radius 2 is 2.24 bits per heavy atom. The molecule has 2 N–H and O–H groups in total. The van der Waals surface area contributed by atoms with Gasteiger partial charge in [0.25, 0.3) is 5.91 Å². The van der Waals surface area contributed by atoms with Crippen LogP contribution >= 0.6 is 11.6 Å². The monoisotopic (exact) mass is 307 g/mol. The zero-order valence-electron chi connectivity index (χ0n) is 10.8. The molecule has 6 heteroatoms. The van der Waals surface area contributed by atoms with Gasteiger partial charge in [-0.15, -0.1) is 0 Å². The van der Waals surface area contributed by atoms with Crippen LogP contribution in [-0.4, -0.2) is 17.6 Å². The SMILES string of the molecule is O=C(Nc1ccc(C#CCCO)cc1F)c1ccoc1Cl. The molecule has 0 unspecified atom stereocenters. The second kappa shape index (κ2) is 6.93. The van der Waals surface area contributed by atoms with E-state index in [0.717, 1.165) is 0 Å². The van der Waals surface area contributed by atoms with Gasteiger partial charge in [-0.1, -0.05) is 11.8 Å². The fourth-order valence-electron chi connectivity index (χ4n) is 1.56. The summed E-state index contributed by atoms with van der Waals surface area (Å²) in [7, 11) is 0. The summed E-state index contributed by atoms with van der Waals surface area (Å²) in [6.45, 7) is -0.0465. The van der Waals surface area contributed by atoms with E-state index in [4.69, 9.17) is 21.1 Å². The van der Waals surface area contributed by atoms with E-state index in [1.54, 1.807) is 6.07 Å². The Kier molecular flexibility index (Phi) is 4.99. The molecule has 0 spiro atoms. The van der Waals surface area contributed by atoms with Crippen LogP contribution in [0.5, 0.6) is 0 Å². The quantitative estimate of drug-likeness (QED) is 0.857. The number of halogens is 2. The largest absolute Gasteiger partial charge is 0.452 e. The van der Waals surface area contributed by atoms with Crippen LogP contribution in [0, 0.1) is 17.7 Å². The summed E-state index contributed by atoms with van der Waals surface area (Å²) in [5, 5.41) is 11.0. The van der Waals surface area contributed by atoms with Gasteiger partial charge < -0.3 is 14.8 Å². The van der Waals surface area contributed by atoms with Crippen LogP contribution in [0.3, 0.4) is 0 Å². The van der Waals surface area contributed by atoms with Crippen LogP contribution < -0.4 is 5.32 Å². The van der Waals surface area contributed by atoms with E-state index >= 15 is 0 Å². The Bertz CT molecular complexity index is 715. The first-order chi connectivity index (χ1) is 10.1. The number of carbonyl (C=O) groups excluding carboxylic acids is 1. The van der Waals surface area contributed by atoms with Crippen LogP contribution in [0.25, 0.3) is 0 Å². The van der Waals surface area contributed by atoms with Crippen molar-refractivity contribution in [3.05, 3.63) is 52.7 Å². The molecule has 1 aromatic heterocycles. The van der Waals surface area contributed by atoms with Gasteiger partial charge >= 0.3 is 0 Å². The standard InChI is InChI=1S/C15H11ClFNO3/c16-14-11(6-8-21-14)15(20)18-13-5-4-10(9-12(13)17)3-1-2-7-19/h4-6,8-9,19H,2,7H2,(H,18,20). The van der Waals surface area contributed by atoms with Gasteiger partial charge in [-0.2, -0.15) is 0 Å². The highest BCUT2D eigenvalue weighted by atomic mass is 35.5. The number of carbonyl (C=O) groups is 1. The third kappa shape index (κ3) is 3.85. The number of hydrogen-bond donors (Lipinski definition) is 2. The van der Waals surface area contributed by atoms with E-state index < -0.39 is 11.7 Å². The summed E-state index contributed by atoms with van der Waals surface area (Å²) in [5.41, 5.74) is 0.605. The molecule has 21 heavy (non-hydrogen) atoms. The molecule has 0 aliphatic heterocycles. The van der Waals surface area contributed by atoms with Gasteiger partial charge in [-0.05, 0) is 35.9 Å². The summed E-state index contributed by atoms with van der Waals surface area (Å²) in [4.78, 5) is 11.9. The van der Waals surface area contributed by atoms with Crippen LogP contribution in [0.1, 0.15) is 22.3 Å². The van der Waals surface area contributed by atoms with Gasteiger partial charge in [0.2, 0.25) is 5.22 Å². The molecule has 2 rings (SSSR count). The first kappa shape index (κ1) is 15.1. The van der Waals surface area contributed by atoms with Crippen molar-refractivity contribution in [2.45, 2.75) is 6.42 Å². The molecule has 0 fully saturated rings. The lowest BCUT2D eigenvalue weighted by atomic mass is 10.2. The van der Waals surface area contributed by atoms with Gasteiger partial charge in [-0.25, -0.2) is 4.39 Å². The molecule has 0 saturated heterocycles. The first-order valence-electron chi connectivity index (χ1n) is 6.05. The van der Waals surface area contributed by atoms with Crippen molar-refractivity contribution in [3.63, 3.8) is 0 Å². The maximum Gasteiger partial charge on any atom is 0.260 e. The number of nitrogens with one attached hydrogen (secondary N) is 1. The molecule has 4 nitrogen and oxygen atoms in total. The summed E-state index contributed by atoms with van der Waals surface area (Å²) >= 11 is 5.68. The van der Waals surface area contributed by atoms with Crippen molar-refractivity contribution in [1.82, 2.24) is 0 Å². The van der Waals surface area contributed by atoms with E-state index in [0.29, 0.717) is 12.0 Å². The molecule has 1 amide bonds. The van der Waals surface area contributed by atoms with E-state index in [1.165, 1.54) is 24.5 Å². The zero-order chi connectivity index (χ0) is 15.2. The number of furan rings is 1. The molecule has 0 saturated carbocycles. The van der Waals surface area contributed by atoms with E-state index in [-0.39, 0.29) is 23.1 Å². The number of amides is 1. The number of benzene rings is 1.